The molecule has 0 atom stereocenters. The summed E-state index contributed by atoms with van der Waals surface area (Å²) >= 11 is 11.9. The van der Waals surface area contributed by atoms with Gasteiger partial charge in [0.05, 0.1) is 20.6 Å². The minimum Gasteiger partial charge on any atom is -0.338 e. The lowest BCUT2D eigenvalue weighted by Crippen LogP contribution is -2.31. The molecular formula is C17H19Cl2N3O3S. The molecule has 0 fully saturated rings. The molecule has 0 aliphatic carbocycles. The molecule has 3 N–H and O–H groups in total. The number of hydrogen-bond acceptors (Lipinski definition) is 3. The Morgan fingerprint density at radius 2 is 1.73 bits per heavy atom. The van der Waals surface area contributed by atoms with Crippen LogP contribution in [0.1, 0.15) is 13.8 Å². The molecule has 2 aromatic rings. The summed E-state index contributed by atoms with van der Waals surface area (Å²) in [5.41, 5.74) is 0.667. The summed E-state index contributed by atoms with van der Waals surface area (Å²) in [7, 11) is -3.84. The molecule has 0 spiro atoms. The maximum absolute atomic E-state index is 12.5. The molecule has 0 unspecified atom stereocenters. The van der Waals surface area contributed by atoms with Crippen LogP contribution in [-0.2, 0) is 10.0 Å². The van der Waals surface area contributed by atoms with Gasteiger partial charge in [-0.15, -0.1) is 0 Å². The second-order valence-electron chi connectivity index (χ2n) is 5.96. The second kappa shape index (κ2) is 8.62. The van der Waals surface area contributed by atoms with Gasteiger partial charge in [0.2, 0.25) is 0 Å². The number of hydrogen-bond donors (Lipinski definition) is 3. The van der Waals surface area contributed by atoms with E-state index in [-0.39, 0.29) is 26.7 Å². The topological polar surface area (TPSA) is 87.3 Å². The van der Waals surface area contributed by atoms with E-state index in [1.54, 1.807) is 12.1 Å². The molecule has 0 aliphatic heterocycles. The molecule has 0 aliphatic rings. The van der Waals surface area contributed by atoms with Gasteiger partial charge in [0.15, 0.2) is 0 Å². The largest absolute Gasteiger partial charge is 0.338 e. The van der Waals surface area contributed by atoms with E-state index >= 15 is 0 Å². The summed E-state index contributed by atoms with van der Waals surface area (Å²) in [6, 6.07) is 10.1. The maximum atomic E-state index is 12.5. The Kier molecular flexibility index (Phi) is 6.75. The molecule has 2 aromatic carbocycles. The van der Waals surface area contributed by atoms with Crippen molar-refractivity contribution in [1.29, 1.82) is 0 Å². The highest BCUT2D eigenvalue weighted by molar-refractivity contribution is 7.92. The van der Waals surface area contributed by atoms with Crippen LogP contribution in [-0.4, -0.2) is 21.0 Å². The Balaban J connectivity index is 2.09. The average molecular weight is 416 g/mol. The predicted octanol–water partition coefficient (Wildman–Crippen LogP) is 4.57. The van der Waals surface area contributed by atoms with Crippen LogP contribution in [0, 0.1) is 5.92 Å². The molecule has 9 heteroatoms. The first-order valence-corrected chi connectivity index (χ1v) is 10.0. The quantitative estimate of drug-likeness (QED) is 0.645. The van der Waals surface area contributed by atoms with E-state index in [9.17, 15) is 13.2 Å². The fourth-order valence-electron chi connectivity index (χ4n) is 1.98. The highest BCUT2D eigenvalue weighted by atomic mass is 35.5. The van der Waals surface area contributed by atoms with E-state index in [1.807, 2.05) is 13.8 Å². The Morgan fingerprint density at radius 1 is 1.08 bits per heavy atom. The first-order valence-electron chi connectivity index (χ1n) is 7.81. The molecule has 0 aromatic heterocycles. The number of rotatable bonds is 6. The van der Waals surface area contributed by atoms with Crippen LogP contribution in [0.3, 0.4) is 0 Å². The molecular weight excluding hydrogens is 397 g/mol. The van der Waals surface area contributed by atoms with E-state index in [0.717, 1.165) is 0 Å². The molecule has 0 saturated heterocycles. The number of sulfonamides is 1. The van der Waals surface area contributed by atoms with Gasteiger partial charge in [-0.1, -0.05) is 43.1 Å². The minimum absolute atomic E-state index is 0.0293. The standard InChI is InChI=1S/C17H19Cl2N3O3S/c1-11(2)10-20-17(23)21-12-6-8-13(9-7-12)26(24,25)22-15-5-3-4-14(18)16(15)19/h3-9,11,22H,10H2,1-2H3,(H2,20,21,23). The van der Waals surface area contributed by atoms with Crippen molar-refractivity contribution in [3.63, 3.8) is 0 Å². The minimum atomic E-state index is -3.84. The van der Waals surface area contributed by atoms with E-state index < -0.39 is 10.0 Å². The lowest BCUT2D eigenvalue weighted by Gasteiger charge is -2.12. The Hall–Kier alpha value is -1.96. The SMILES string of the molecule is CC(C)CNC(=O)Nc1ccc(S(=O)(=O)Nc2cccc(Cl)c2Cl)cc1. The van der Waals surface area contributed by atoms with Gasteiger partial charge in [-0.3, -0.25) is 4.72 Å². The van der Waals surface area contributed by atoms with Gasteiger partial charge in [-0.05, 0) is 42.3 Å². The maximum Gasteiger partial charge on any atom is 0.319 e. The van der Waals surface area contributed by atoms with Gasteiger partial charge in [0.1, 0.15) is 0 Å². The van der Waals surface area contributed by atoms with Crippen molar-refractivity contribution >= 4 is 50.6 Å². The number of benzene rings is 2. The summed E-state index contributed by atoms with van der Waals surface area (Å²) < 4.78 is 27.3. The number of urea groups is 1. The summed E-state index contributed by atoms with van der Waals surface area (Å²) in [5.74, 6) is 0.331. The smallest absolute Gasteiger partial charge is 0.319 e. The molecule has 6 nitrogen and oxygen atoms in total. The molecule has 2 amide bonds. The molecule has 26 heavy (non-hydrogen) atoms. The molecule has 2 rings (SSSR count). The predicted molar refractivity (Wildman–Crippen MR) is 106 cm³/mol. The first-order chi connectivity index (χ1) is 12.2. The molecule has 140 valence electrons. The van der Waals surface area contributed by atoms with Gasteiger partial charge in [0.25, 0.3) is 10.0 Å². The number of carbonyl (C=O) groups is 1. The second-order valence-corrected chi connectivity index (χ2v) is 8.43. The van der Waals surface area contributed by atoms with Crippen molar-refractivity contribution < 1.29 is 13.2 Å². The molecule has 0 heterocycles. The summed E-state index contributed by atoms with van der Waals surface area (Å²) in [6.07, 6.45) is 0. The van der Waals surface area contributed by atoms with E-state index in [4.69, 9.17) is 23.2 Å². The van der Waals surface area contributed by atoms with Crippen molar-refractivity contribution in [1.82, 2.24) is 5.32 Å². The first kappa shape index (κ1) is 20.4. The van der Waals surface area contributed by atoms with Gasteiger partial charge >= 0.3 is 6.03 Å². The number of nitrogens with one attached hydrogen (secondary N) is 3. The van der Waals surface area contributed by atoms with Crippen LogP contribution in [0.25, 0.3) is 0 Å². The Bertz CT molecular complexity index is 885. The van der Waals surface area contributed by atoms with Crippen molar-refractivity contribution in [2.75, 3.05) is 16.6 Å². The van der Waals surface area contributed by atoms with Crippen LogP contribution in [0.5, 0.6) is 0 Å². The monoisotopic (exact) mass is 415 g/mol. The summed E-state index contributed by atoms with van der Waals surface area (Å²) in [6.45, 7) is 4.51. The van der Waals surface area contributed by atoms with E-state index in [0.29, 0.717) is 18.2 Å². The lowest BCUT2D eigenvalue weighted by molar-refractivity contribution is 0.251. The third kappa shape index (κ3) is 5.52. The number of anilines is 2. The van der Waals surface area contributed by atoms with Crippen LogP contribution < -0.4 is 15.4 Å². The highest BCUT2D eigenvalue weighted by Gasteiger charge is 2.17. The molecule has 0 saturated carbocycles. The zero-order valence-electron chi connectivity index (χ0n) is 14.2. The van der Waals surface area contributed by atoms with Crippen LogP contribution in [0.4, 0.5) is 16.2 Å². The van der Waals surface area contributed by atoms with Gasteiger partial charge < -0.3 is 10.6 Å². The van der Waals surface area contributed by atoms with Crippen molar-refractivity contribution in [3.8, 4) is 0 Å². The van der Waals surface area contributed by atoms with Crippen molar-refractivity contribution in [3.05, 3.63) is 52.5 Å². The van der Waals surface area contributed by atoms with Gasteiger partial charge in [-0.2, -0.15) is 0 Å². The van der Waals surface area contributed by atoms with Crippen LogP contribution >= 0.6 is 23.2 Å². The fraction of sp³-hybridized carbons (Fsp3) is 0.235. The van der Waals surface area contributed by atoms with Crippen LogP contribution in [0.2, 0.25) is 10.0 Å². The number of halogens is 2. The van der Waals surface area contributed by atoms with Crippen LogP contribution in [0.15, 0.2) is 47.4 Å². The Labute approximate surface area is 162 Å². The fourth-order valence-corrected chi connectivity index (χ4v) is 3.45. The third-order valence-electron chi connectivity index (χ3n) is 3.29. The van der Waals surface area contributed by atoms with Gasteiger partial charge in [-0.25, -0.2) is 13.2 Å². The lowest BCUT2D eigenvalue weighted by atomic mass is 10.2. The zero-order chi connectivity index (χ0) is 19.3. The summed E-state index contributed by atoms with van der Waals surface area (Å²) in [5, 5.41) is 5.72. The molecule has 0 radical (unpaired) electrons. The van der Waals surface area contributed by atoms with Crippen molar-refractivity contribution in [2.45, 2.75) is 18.7 Å². The number of amides is 2. The van der Waals surface area contributed by atoms with E-state index in [2.05, 4.69) is 15.4 Å². The zero-order valence-corrected chi connectivity index (χ0v) is 16.5. The highest BCUT2D eigenvalue weighted by Crippen LogP contribution is 2.31. The van der Waals surface area contributed by atoms with Crippen molar-refractivity contribution in [2.24, 2.45) is 5.92 Å². The normalized spacial score (nSPS) is 11.3. The molecule has 0 bridgehead atoms. The third-order valence-corrected chi connectivity index (χ3v) is 5.49. The number of carbonyl (C=O) groups excluding carboxylic acids is 1. The van der Waals surface area contributed by atoms with E-state index in [1.165, 1.54) is 30.3 Å². The Morgan fingerprint density at radius 3 is 2.35 bits per heavy atom. The van der Waals surface area contributed by atoms with Gasteiger partial charge in [0, 0.05) is 12.2 Å². The summed E-state index contributed by atoms with van der Waals surface area (Å²) in [4.78, 5) is 11.8. The average Bonchev–Trinajstić information content (AvgIpc) is 2.57.